The van der Waals surface area contributed by atoms with Crippen LogP contribution in [0.15, 0.2) is 20.4 Å². The molecule has 0 saturated heterocycles. The number of hydrogen-bond acceptors (Lipinski definition) is 5. The standard InChI is InChI=1S/C10H8BrF3N2O2S/c1-4(7(17)10(12,13)14)9-15-8(16-18-9)6-2-5(11)3-19-6/h2-4,7,17H,1H3. The second-order valence-corrected chi connectivity index (χ2v) is 5.69. The molecule has 0 radical (unpaired) electrons. The predicted molar refractivity (Wildman–Crippen MR) is 65.8 cm³/mol. The summed E-state index contributed by atoms with van der Waals surface area (Å²) >= 11 is 4.58. The molecule has 0 aliphatic carbocycles. The molecule has 2 atom stereocenters. The van der Waals surface area contributed by atoms with Crippen molar-refractivity contribution in [2.75, 3.05) is 0 Å². The molecule has 0 bridgehead atoms. The highest BCUT2D eigenvalue weighted by molar-refractivity contribution is 9.10. The number of aliphatic hydroxyl groups excluding tert-OH is 1. The molecule has 2 aromatic heterocycles. The third-order valence-corrected chi connectivity index (χ3v) is 4.12. The van der Waals surface area contributed by atoms with Crippen molar-refractivity contribution in [3.8, 4) is 10.7 Å². The van der Waals surface area contributed by atoms with E-state index in [0.29, 0.717) is 4.88 Å². The van der Waals surface area contributed by atoms with Crippen molar-refractivity contribution in [1.82, 2.24) is 10.1 Å². The highest BCUT2D eigenvalue weighted by Crippen LogP contribution is 2.33. The van der Waals surface area contributed by atoms with E-state index in [1.165, 1.54) is 18.3 Å². The van der Waals surface area contributed by atoms with Crippen LogP contribution in [0.5, 0.6) is 0 Å². The average molecular weight is 357 g/mol. The number of alkyl halides is 3. The molecule has 2 rings (SSSR count). The van der Waals surface area contributed by atoms with Gasteiger partial charge in [-0.2, -0.15) is 18.2 Å². The first-order valence-corrected chi connectivity index (χ1v) is 6.79. The quantitative estimate of drug-likeness (QED) is 0.912. The molecule has 2 unspecified atom stereocenters. The Bertz CT molecular complexity index is 569. The van der Waals surface area contributed by atoms with E-state index in [2.05, 4.69) is 26.1 Å². The SMILES string of the molecule is CC(c1nc(-c2cc(Br)cs2)no1)C(O)C(F)(F)F. The maximum Gasteiger partial charge on any atom is 0.415 e. The fraction of sp³-hybridized carbons (Fsp3) is 0.400. The zero-order valence-electron chi connectivity index (χ0n) is 9.48. The van der Waals surface area contributed by atoms with Gasteiger partial charge in [-0.05, 0) is 22.0 Å². The maximum absolute atomic E-state index is 12.4. The van der Waals surface area contributed by atoms with Gasteiger partial charge in [0.1, 0.15) is 0 Å². The highest BCUT2D eigenvalue weighted by Gasteiger charge is 2.44. The lowest BCUT2D eigenvalue weighted by atomic mass is 10.1. The number of aliphatic hydroxyl groups is 1. The van der Waals surface area contributed by atoms with Crippen molar-refractivity contribution < 1.29 is 22.8 Å². The van der Waals surface area contributed by atoms with Crippen LogP contribution in [0.4, 0.5) is 13.2 Å². The van der Waals surface area contributed by atoms with Gasteiger partial charge in [0.15, 0.2) is 6.10 Å². The molecule has 1 N–H and O–H groups in total. The first-order chi connectivity index (χ1) is 8.79. The molecule has 0 fully saturated rings. The summed E-state index contributed by atoms with van der Waals surface area (Å²) in [7, 11) is 0. The Morgan fingerprint density at radius 3 is 2.68 bits per heavy atom. The molecule has 2 heterocycles. The van der Waals surface area contributed by atoms with Crippen molar-refractivity contribution in [3.63, 3.8) is 0 Å². The summed E-state index contributed by atoms with van der Waals surface area (Å²) in [5.74, 6) is -1.36. The van der Waals surface area contributed by atoms with Crippen LogP contribution in [0.1, 0.15) is 18.7 Å². The number of rotatable bonds is 3. The molecule has 0 saturated carbocycles. The van der Waals surface area contributed by atoms with Gasteiger partial charge < -0.3 is 9.63 Å². The Morgan fingerprint density at radius 1 is 1.47 bits per heavy atom. The van der Waals surface area contributed by atoms with E-state index >= 15 is 0 Å². The topological polar surface area (TPSA) is 59.2 Å². The van der Waals surface area contributed by atoms with Gasteiger partial charge >= 0.3 is 6.18 Å². The van der Waals surface area contributed by atoms with Crippen molar-refractivity contribution in [1.29, 1.82) is 0 Å². The molecule has 0 spiro atoms. The third-order valence-electron chi connectivity index (χ3n) is 2.43. The van der Waals surface area contributed by atoms with Crippen LogP contribution in [-0.2, 0) is 0 Å². The summed E-state index contributed by atoms with van der Waals surface area (Å²) in [6.45, 7) is 1.18. The van der Waals surface area contributed by atoms with Crippen molar-refractivity contribution in [2.24, 2.45) is 0 Å². The largest absolute Gasteiger partial charge is 0.415 e. The minimum Gasteiger partial charge on any atom is -0.383 e. The Hall–Kier alpha value is -0.930. The first kappa shape index (κ1) is 14.5. The van der Waals surface area contributed by atoms with E-state index in [9.17, 15) is 13.2 Å². The fourth-order valence-electron chi connectivity index (χ4n) is 1.37. The van der Waals surface area contributed by atoms with Crippen molar-refractivity contribution >= 4 is 27.3 Å². The zero-order valence-corrected chi connectivity index (χ0v) is 11.9. The van der Waals surface area contributed by atoms with Gasteiger partial charge in [-0.15, -0.1) is 11.3 Å². The Balaban J connectivity index is 2.22. The smallest absolute Gasteiger partial charge is 0.383 e. The Morgan fingerprint density at radius 2 is 2.16 bits per heavy atom. The van der Waals surface area contributed by atoms with Crippen LogP contribution in [-0.4, -0.2) is 27.5 Å². The molecule has 0 aliphatic heterocycles. The van der Waals surface area contributed by atoms with E-state index in [1.807, 2.05) is 0 Å². The van der Waals surface area contributed by atoms with Crippen molar-refractivity contribution in [2.45, 2.75) is 25.1 Å². The van der Waals surface area contributed by atoms with E-state index in [1.54, 1.807) is 11.4 Å². The maximum atomic E-state index is 12.4. The predicted octanol–water partition coefficient (Wildman–Crippen LogP) is 3.59. The monoisotopic (exact) mass is 356 g/mol. The van der Waals surface area contributed by atoms with Crippen LogP contribution >= 0.6 is 27.3 Å². The number of hydrogen-bond donors (Lipinski definition) is 1. The van der Waals surface area contributed by atoms with E-state index in [0.717, 1.165) is 4.47 Å². The molecule has 9 heteroatoms. The normalized spacial score (nSPS) is 15.5. The summed E-state index contributed by atoms with van der Waals surface area (Å²) in [6, 6.07) is 1.73. The van der Waals surface area contributed by atoms with Gasteiger partial charge in [0.2, 0.25) is 11.7 Å². The minimum absolute atomic E-state index is 0.201. The zero-order chi connectivity index (χ0) is 14.2. The second-order valence-electron chi connectivity index (χ2n) is 3.86. The molecule has 19 heavy (non-hydrogen) atoms. The Kier molecular flexibility index (Phi) is 3.98. The van der Waals surface area contributed by atoms with Gasteiger partial charge in [-0.3, -0.25) is 0 Å². The van der Waals surface area contributed by atoms with Crippen LogP contribution in [0.25, 0.3) is 10.7 Å². The summed E-state index contributed by atoms with van der Waals surface area (Å²) < 4.78 is 42.7. The highest BCUT2D eigenvalue weighted by atomic mass is 79.9. The van der Waals surface area contributed by atoms with Gasteiger partial charge in [-0.25, -0.2) is 0 Å². The second kappa shape index (κ2) is 5.22. The Labute approximate surface area is 118 Å². The molecule has 0 aliphatic rings. The number of thiophene rings is 1. The first-order valence-electron chi connectivity index (χ1n) is 5.12. The molecular weight excluding hydrogens is 349 g/mol. The van der Waals surface area contributed by atoms with Gasteiger partial charge in [0.05, 0.1) is 10.8 Å². The third kappa shape index (κ3) is 3.15. The lowest BCUT2D eigenvalue weighted by Gasteiger charge is -2.17. The molecule has 0 amide bonds. The van der Waals surface area contributed by atoms with E-state index in [-0.39, 0.29) is 11.7 Å². The summed E-state index contributed by atoms with van der Waals surface area (Å²) in [6.07, 6.45) is -7.25. The van der Waals surface area contributed by atoms with Gasteiger partial charge in [0, 0.05) is 9.85 Å². The van der Waals surface area contributed by atoms with E-state index < -0.39 is 18.2 Å². The van der Waals surface area contributed by atoms with Gasteiger partial charge in [0.25, 0.3) is 0 Å². The molecule has 4 nitrogen and oxygen atoms in total. The summed E-state index contributed by atoms with van der Waals surface area (Å²) in [5.41, 5.74) is 0. The van der Waals surface area contributed by atoms with Crippen LogP contribution in [0, 0.1) is 0 Å². The number of nitrogens with zero attached hydrogens (tertiary/aromatic N) is 2. The molecule has 0 aromatic carbocycles. The number of aromatic nitrogens is 2. The van der Waals surface area contributed by atoms with E-state index in [4.69, 9.17) is 9.63 Å². The molecule has 104 valence electrons. The molecule has 2 aromatic rings. The van der Waals surface area contributed by atoms with Crippen molar-refractivity contribution in [3.05, 3.63) is 21.8 Å². The fourth-order valence-corrected chi connectivity index (χ4v) is 2.72. The average Bonchev–Trinajstić information content (AvgIpc) is 2.94. The minimum atomic E-state index is -4.72. The number of halogens is 4. The lowest BCUT2D eigenvalue weighted by Crippen LogP contribution is -2.33. The lowest BCUT2D eigenvalue weighted by molar-refractivity contribution is -0.210. The van der Waals surface area contributed by atoms with Crippen LogP contribution in [0.3, 0.4) is 0 Å². The summed E-state index contributed by atoms with van der Waals surface area (Å²) in [4.78, 5) is 4.54. The van der Waals surface area contributed by atoms with Crippen LogP contribution in [0.2, 0.25) is 0 Å². The molecular formula is C10H8BrF3N2O2S. The van der Waals surface area contributed by atoms with Gasteiger partial charge in [-0.1, -0.05) is 12.1 Å². The van der Waals surface area contributed by atoms with Crippen LogP contribution < -0.4 is 0 Å². The summed E-state index contributed by atoms with van der Waals surface area (Å²) in [5, 5.41) is 14.5.